The Morgan fingerprint density at radius 1 is 1.05 bits per heavy atom. The highest BCUT2D eigenvalue weighted by atomic mass is 35.5. The lowest BCUT2D eigenvalue weighted by Crippen LogP contribution is -2.58. The number of carbonyl (C=O) groups excluding carboxylic acids is 3. The Kier molecular flexibility index (Phi) is 10.0. The van der Waals surface area contributed by atoms with Gasteiger partial charge in [0.2, 0.25) is 5.91 Å². The van der Waals surface area contributed by atoms with Gasteiger partial charge in [-0.25, -0.2) is 0 Å². The Hall–Kier alpha value is -3.04. The molecule has 1 unspecified atom stereocenters. The van der Waals surface area contributed by atoms with Gasteiger partial charge in [0.1, 0.15) is 6.04 Å². The Bertz CT molecular complexity index is 1420. The van der Waals surface area contributed by atoms with Gasteiger partial charge in [0.15, 0.2) is 6.10 Å². The number of thioether (sulfide) groups is 1. The predicted molar refractivity (Wildman–Crippen MR) is 164 cm³/mol. The number of hydrogen-bond donors (Lipinski definition) is 3. The van der Waals surface area contributed by atoms with Crippen LogP contribution >= 0.6 is 35.0 Å². The van der Waals surface area contributed by atoms with E-state index in [1.54, 1.807) is 6.07 Å². The number of aliphatic hydroxyl groups excluding tert-OH is 1. The molecule has 10 heteroatoms. The smallest absolute Gasteiger partial charge is 0.254 e. The van der Waals surface area contributed by atoms with Gasteiger partial charge in [-0.15, -0.1) is 11.8 Å². The molecule has 216 valence electrons. The number of carbonyl (C=O) groups is 3. The molecule has 3 aromatic rings. The molecule has 0 saturated carbocycles. The summed E-state index contributed by atoms with van der Waals surface area (Å²) in [6, 6.07) is 19.7. The van der Waals surface area contributed by atoms with Crippen molar-refractivity contribution in [1.82, 2.24) is 15.5 Å². The van der Waals surface area contributed by atoms with E-state index in [4.69, 9.17) is 23.2 Å². The zero-order valence-corrected chi connectivity index (χ0v) is 25.4. The minimum absolute atomic E-state index is 0.150. The van der Waals surface area contributed by atoms with Crippen molar-refractivity contribution in [2.75, 3.05) is 5.88 Å². The molecule has 0 aromatic heterocycles. The molecule has 7 nitrogen and oxygen atoms in total. The van der Waals surface area contributed by atoms with Gasteiger partial charge in [0, 0.05) is 16.3 Å². The van der Waals surface area contributed by atoms with Crippen LogP contribution in [-0.2, 0) is 22.6 Å². The van der Waals surface area contributed by atoms with Crippen molar-refractivity contribution in [3.63, 3.8) is 0 Å². The zero-order valence-electron chi connectivity index (χ0n) is 23.1. The second kappa shape index (κ2) is 13.3. The summed E-state index contributed by atoms with van der Waals surface area (Å²) in [4.78, 5) is 41.9. The van der Waals surface area contributed by atoms with Crippen molar-refractivity contribution in [3.8, 4) is 0 Å². The zero-order chi connectivity index (χ0) is 29.7. The fourth-order valence-corrected chi connectivity index (χ4v) is 6.51. The quantitative estimate of drug-likeness (QED) is 0.315. The largest absolute Gasteiger partial charge is 0.381 e. The molecule has 41 heavy (non-hydrogen) atoms. The second-order valence-corrected chi connectivity index (χ2v) is 13.0. The number of benzene rings is 3. The van der Waals surface area contributed by atoms with Crippen LogP contribution in [0.4, 0.5) is 0 Å². The lowest BCUT2D eigenvalue weighted by molar-refractivity contribution is -0.147. The first-order chi connectivity index (χ1) is 19.5. The van der Waals surface area contributed by atoms with Crippen molar-refractivity contribution in [3.05, 3.63) is 105 Å². The van der Waals surface area contributed by atoms with E-state index in [-0.39, 0.29) is 28.8 Å². The third kappa shape index (κ3) is 7.43. The molecule has 1 aliphatic rings. The molecule has 1 saturated heterocycles. The topological polar surface area (TPSA) is 98.7 Å². The maximum absolute atomic E-state index is 13.8. The first kappa shape index (κ1) is 30.9. The summed E-state index contributed by atoms with van der Waals surface area (Å²) < 4.78 is -0.597. The Morgan fingerprint density at radius 3 is 2.41 bits per heavy atom. The maximum atomic E-state index is 13.8. The normalized spacial score (nSPS) is 17.5. The summed E-state index contributed by atoms with van der Waals surface area (Å²) in [7, 11) is 0. The SMILES string of the molecule is Cc1ccccc1CNC(=O)[C@H]1N(C(=O)[C@@H](O)C(Cc2ccccc2)NC(=O)c2ccc(Cl)cc2Cl)CSC1(C)C. The monoisotopic (exact) mass is 613 g/mol. The van der Waals surface area contributed by atoms with Crippen molar-refractivity contribution in [1.29, 1.82) is 0 Å². The summed E-state index contributed by atoms with van der Waals surface area (Å²) in [6.45, 7) is 6.10. The summed E-state index contributed by atoms with van der Waals surface area (Å²) in [6.07, 6.45) is -1.44. The van der Waals surface area contributed by atoms with E-state index in [2.05, 4.69) is 10.6 Å². The van der Waals surface area contributed by atoms with Crippen molar-refractivity contribution >= 4 is 52.7 Å². The predicted octanol–water partition coefficient (Wildman–Crippen LogP) is 5.00. The first-order valence-corrected chi connectivity index (χ1v) is 15.0. The highest BCUT2D eigenvalue weighted by Crippen LogP contribution is 2.40. The van der Waals surface area contributed by atoms with Gasteiger partial charge in [0.05, 0.1) is 22.5 Å². The molecule has 3 amide bonds. The molecule has 3 aromatic carbocycles. The highest BCUT2D eigenvalue weighted by Gasteiger charge is 2.49. The minimum atomic E-state index is -1.62. The number of aliphatic hydroxyl groups is 1. The van der Waals surface area contributed by atoms with E-state index in [1.807, 2.05) is 75.4 Å². The minimum Gasteiger partial charge on any atom is -0.381 e. The molecule has 0 aliphatic carbocycles. The first-order valence-electron chi connectivity index (χ1n) is 13.2. The average molecular weight is 615 g/mol. The number of amides is 3. The molecule has 1 aliphatic heterocycles. The molecule has 0 bridgehead atoms. The lowest BCUT2D eigenvalue weighted by atomic mass is 9.96. The highest BCUT2D eigenvalue weighted by molar-refractivity contribution is 8.00. The van der Waals surface area contributed by atoms with Gasteiger partial charge in [-0.05, 0) is 62.1 Å². The summed E-state index contributed by atoms with van der Waals surface area (Å²) in [5.41, 5.74) is 3.01. The molecule has 3 atom stereocenters. The Morgan fingerprint density at radius 2 is 1.73 bits per heavy atom. The standard InChI is InChI=1S/C31H33Cl2N3O4S/c1-19-9-7-8-12-21(19)17-34-29(39)27-31(2,3)41-18-36(27)30(40)26(37)25(15-20-10-5-4-6-11-20)35-28(38)23-14-13-22(32)16-24(23)33/h4-14,16,25-27,37H,15,17-18H2,1-3H3,(H,34,39)(H,35,38)/t25?,26-,27+/m0/s1. The Balaban J connectivity index is 1.55. The number of rotatable bonds is 9. The van der Waals surface area contributed by atoms with Gasteiger partial charge >= 0.3 is 0 Å². The van der Waals surface area contributed by atoms with Crippen LogP contribution in [0.1, 0.15) is 40.9 Å². The van der Waals surface area contributed by atoms with Crippen LogP contribution < -0.4 is 10.6 Å². The van der Waals surface area contributed by atoms with Crippen molar-refractivity contribution < 1.29 is 19.5 Å². The number of halogens is 2. The third-order valence-electron chi connectivity index (χ3n) is 7.22. The second-order valence-electron chi connectivity index (χ2n) is 10.6. The molecular weight excluding hydrogens is 581 g/mol. The van der Waals surface area contributed by atoms with Gasteiger partial charge in [0.25, 0.3) is 11.8 Å². The van der Waals surface area contributed by atoms with Gasteiger partial charge in [-0.3, -0.25) is 14.4 Å². The van der Waals surface area contributed by atoms with E-state index in [0.717, 1.165) is 16.7 Å². The van der Waals surface area contributed by atoms with Crippen LogP contribution in [0.5, 0.6) is 0 Å². The summed E-state index contributed by atoms with van der Waals surface area (Å²) in [5.74, 6) is -1.27. The van der Waals surface area contributed by atoms with Crippen molar-refractivity contribution in [2.45, 2.75) is 56.7 Å². The van der Waals surface area contributed by atoms with Crippen LogP contribution in [0, 0.1) is 6.92 Å². The molecule has 0 spiro atoms. The van der Waals surface area contributed by atoms with Crippen LogP contribution in [-0.4, -0.2) is 56.5 Å². The summed E-state index contributed by atoms with van der Waals surface area (Å²) in [5, 5.41) is 17.7. The molecule has 1 fully saturated rings. The number of hydrogen-bond acceptors (Lipinski definition) is 5. The molecule has 0 radical (unpaired) electrons. The molecular formula is C31H33Cl2N3O4S. The van der Waals surface area contributed by atoms with E-state index in [1.165, 1.54) is 28.8 Å². The van der Waals surface area contributed by atoms with Gasteiger partial charge in [-0.2, -0.15) is 0 Å². The van der Waals surface area contributed by atoms with Crippen LogP contribution in [0.2, 0.25) is 10.0 Å². The van der Waals surface area contributed by atoms with E-state index in [9.17, 15) is 19.5 Å². The average Bonchev–Trinajstić information content (AvgIpc) is 3.26. The number of nitrogens with zero attached hydrogens (tertiary/aromatic N) is 1. The van der Waals surface area contributed by atoms with E-state index >= 15 is 0 Å². The third-order valence-corrected chi connectivity index (χ3v) is 9.14. The van der Waals surface area contributed by atoms with Crippen LogP contribution in [0.25, 0.3) is 0 Å². The molecule has 1 heterocycles. The van der Waals surface area contributed by atoms with Crippen LogP contribution in [0.3, 0.4) is 0 Å². The number of nitrogens with one attached hydrogen (secondary N) is 2. The van der Waals surface area contributed by atoms with Gasteiger partial charge in [-0.1, -0.05) is 77.8 Å². The lowest BCUT2D eigenvalue weighted by Gasteiger charge is -2.33. The summed E-state index contributed by atoms with van der Waals surface area (Å²) >= 11 is 13.7. The fraction of sp³-hybridized carbons (Fsp3) is 0.323. The fourth-order valence-electron chi connectivity index (χ4n) is 4.87. The van der Waals surface area contributed by atoms with E-state index < -0.39 is 34.7 Å². The Labute approximate surface area is 254 Å². The van der Waals surface area contributed by atoms with Crippen molar-refractivity contribution in [2.24, 2.45) is 0 Å². The van der Waals surface area contributed by atoms with Gasteiger partial charge < -0.3 is 20.6 Å². The number of aryl methyl sites for hydroxylation is 1. The van der Waals surface area contributed by atoms with E-state index in [0.29, 0.717) is 11.6 Å². The molecule has 4 rings (SSSR count). The maximum Gasteiger partial charge on any atom is 0.254 e. The molecule has 3 N–H and O–H groups in total. The van der Waals surface area contributed by atoms with Crippen LogP contribution in [0.15, 0.2) is 72.8 Å².